The van der Waals surface area contributed by atoms with E-state index in [1.807, 2.05) is 11.9 Å². The maximum atomic E-state index is 14.7. The quantitative estimate of drug-likeness (QED) is 0.0270. The van der Waals surface area contributed by atoms with Gasteiger partial charge in [0.1, 0.15) is 69.9 Å². The van der Waals surface area contributed by atoms with Gasteiger partial charge in [-0.2, -0.15) is 0 Å². The molecule has 96 heavy (non-hydrogen) atoms. The molecule has 21 nitrogen and oxygen atoms in total. The average molecular weight is 1500 g/mol. The minimum atomic E-state index is -0.834. The van der Waals surface area contributed by atoms with Crippen molar-refractivity contribution in [3.05, 3.63) is 263 Å². The number of aliphatic imine (C=N–C) groups is 2. The molecule has 0 fully saturated rings. The summed E-state index contributed by atoms with van der Waals surface area (Å²) in [5.41, 5.74) is 5.62. The normalized spacial score (nSPS) is 11.5. The molecule has 0 radical (unpaired) electrons. The van der Waals surface area contributed by atoms with E-state index in [1.165, 1.54) is 85.1 Å². The molecule has 9 aromatic rings. The fraction of sp³-hybridized carbons (Fsp3) is 0.0909. The van der Waals surface area contributed by atoms with Crippen molar-refractivity contribution in [3.8, 4) is 0 Å². The van der Waals surface area contributed by atoms with Crippen LogP contribution < -0.4 is 37.6 Å². The zero-order chi connectivity index (χ0) is 69.5. The third-order valence-electron chi connectivity index (χ3n) is 13.5. The van der Waals surface area contributed by atoms with Gasteiger partial charge in [0, 0.05) is 83.4 Å². The molecule has 6 amide bonds. The highest BCUT2D eigenvalue weighted by Crippen LogP contribution is 2.26. The van der Waals surface area contributed by atoms with Crippen molar-refractivity contribution in [1.82, 2.24) is 24.8 Å². The highest BCUT2D eigenvalue weighted by atomic mass is 79.9. The van der Waals surface area contributed by atoms with Gasteiger partial charge in [0.2, 0.25) is 0 Å². The summed E-state index contributed by atoms with van der Waals surface area (Å²) in [6, 6.07) is 31.2. The Labute approximate surface area is 568 Å². The molecule has 0 bridgehead atoms. The van der Waals surface area contributed by atoms with Crippen LogP contribution in [0.15, 0.2) is 188 Å². The Kier molecular flexibility index (Phi) is 23.8. The molecule has 0 unspecified atom stereocenters. The second-order valence-corrected chi connectivity index (χ2v) is 23.2. The van der Waals surface area contributed by atoms with Gasteiger partial charge in [-0.15, -0.1) is 0 Å². The third kappa shape index (κ3) is 18.7. The summed E-state index contributed by atoms with van der Waals surface area (Å²) in [7, 11) is 6.60. The summed E-state index contributed by atoms with van der Waals surface area (Å²) in [5.74, 6) is -7.40. The van der Waals surface area contributed by atoms with Crippen LogP contribution in [0.2, 0.25) is 0 Å². The van der Waals surface area contributed by atoms with Gasteiger partial charge in [0.05, 0.1) is 57.0 Å². The zero-order valence-corrected chi connectivity index (χ0v) is 55.3. The number of carbonyl (C=O) groups excluding carboxylic acids is 6. The van der Waals surface area contributed by atoms with Crippen LogP contribution in [0.3, 0.4) is 0 Å². The fourth-order valence-electron chi connectivity index (χ4n) is 8.68. The van der Waals surface area contributed by atoms with Gasteiger partial charge in [0.25, 0.3) is 35.4 Å². The topological polar surface area (TPSA) is 294 Å². The van der Waals surface area contributed by atoms with Crippen LogP contribution in [-0.2, 0) is 0 Å². The van der Waals surface area contributed by atoms with Crippen molar-refractivity contribution < 1.29 is 55.1 Å². The molecule has 0 spiro atoms. The highest BCUT2D eigenvalue weighted by Gasteiger charge is 2.24. The highest BCUT2D eigenvalue weighted by molar-refractivity contribution is 9.11. The van der Waals surface area contributed by atoms with E-state index in [0.717, 1.165) is 59.5 Å². The van der Waals surface area contributed by atoms with E-state index in [0.29, 0.717) is 38.0 Å². The molecule has 10 rings (SSSR count). The first kappa shape index (κ1) is 70.9. The van der Waals surface area contributed by atoms with Gasteiger partial charge in [-0.3, -0.25) is 44.2 Å². The van der Waals surface area contributed by atoms with E-state index in [2.05, 4.69) is 105 Å². The Morgan fingerprint density at radius 1 is 0.479 bits per heavy atom. The molecule has 490 valence electrons. The van der Waals surface area contributed by atoms with Gasteiger partial charge in [-0.05, 0) is 175 Å². The fourth-order valence-corrected chi connectivity index (χ4v) is 9.39. The Morgan fingerprint density at radius 3 is 1.16 bits per heavy atom. The van der Waals surface area contributed by atoms with Crippen LogP contribution in [0.4, 0.5) is 60.9 Å². The van der Waals surface area contributed by atoms with E-state index < -0.39 is 70.3 Å². The van der Waals surface area contributed by atoms with Crippen LogP contribution in [0.25, 0.3) is 0 Å². The molecule has 0 saturated carbocycles. The van der Waals surface area contributed by atoms with Crippen molar-refractivity contribution in [1.29, 1.82) is 5.41 Å². The number of amidine groups is 3. The number of nitrogens with two attached hydrogens (primary N) is 1. The maximum Gasteiger partial charge on any atom is 0.259 e. The van der Waals surface area contributed by atoms with Gasteiger partial charge in [0.15, 0.2) is 0 Å². The minimum Gasteiger partial charge on any atom is -0.384 e. The van der Waals surface area contributed by atoms with Crippen molar-refractivity contribution in [3.63, 3.8) is 0 Å². The lowest BCUT2D eigenvalue weighted by Gasteiger charge is -2.15. The van der Waals surface area contributed by atoms with Gasteiger partial charge in [-0.1, -0.05) is 18.2 Å². The molecule has 6 aromatic carbocycles. The first-order valence-corrected chi connectivity index (χ1v) is 30.4. The van der Waals surface area contributed by atoms with Crippen molar-refractivity contribution >= 4 is 135 Å². The smallest absolute Gasteiger partial charge is 0.259 e. The Hall–Kier alpha value is -11.0. The number of aromatic nitrogens is 3. The standard InChI is InChI=1S/C23H18BrF2N5O2.C22H18BrF2N5O2.C21H16BrF2N5O2/c1-31-9-8-27-21(31)13-2-5-16(18(26)10-13)22(32)29-19-6-4-15(25)11-17(19)23(33)30-20-7-3-14(24)12-28-20;1-30(2)20(26)12-3-6-15(17(25)9-12)21(31)28-18-7-5-14(24)10-16(18)22(32)29-19-8-4-13(23)11-27-19;1-26-19(25)11-2-5-14(16(24)8-11)20(30)28-17-6-4-13(23)9-15(17)21(31)29-18-7-3-12(22)10-27-18/h2-7,10-12H,8-9H2,1H3,(H,29,32)(H,28,30,33);3-11,26H,1-2H3,(H,28,31)(H,27,29,32);2-10H,1H3,(H2,25,26)(H,28,30)(H,27,29,31). The number of amides is 6. The summed E-state index contributed by atoms with van der Waals surface area (Å²) < 4.78 is 87.3. The molecule has 9 N–H and O–H groups in total. The Morgan fingerprint density at radius 2 is 0.833 bits per heavy atom. The van der Waals surface area contributed by atoms with E-state index >= 15 is 0 Å². The molecule has 1 aliphatic heterocycles. The average Bonchev–Trinajstić information content (AvgIpc) is 1.08. The predicted molar refractivity (Wildman–Crippen MR) is 363 cm³/mol. The molecule has 30 heteroatoms. The van der Waals surface area contributed by atoms with E-state index in [4.69, 9.17) is 11.1 Å². The number of anilines is 6. The number of rotatable bonds is 15. The number of nitrogens with one attached hydrogen (secondary N) is 7. The summed E-state index contributed by atoms with van der Waals surface area (Å²) in [6.07, 6.45) is 4.45. The van der Waals surface area contributed by atoms with E-state index in [1.54, 1.807) is 56.6 Å². The first-order valence-electron chi connectivity index (χ1n) is 28.0. The van der Waals surface area contributed by atoms with E-state index in [-0.39, 0.29) is 79.6 Å². The summed E-state index contributed by atoms with van der Waals surface area (Å²) in [4.78, 5) is 99.5. The Bertz CT molecular complexity index is 4550. The number of hydrogen-bond acceptors (Lipinski definition) is 13. The summed E-state index contributed by atoms with van der Waals surface area (Å²) in [6.45, 7) is 1.37. The first-order chi connectivity index (χ1) is 45.7. The minimum absolute atomic E-state index is 0.000812. The summed E-state index contributed by atoms with van der Waals surface area (Å²) >= 11 is 9.72. The van der Waals surface area contributed by atoms with Crippen LogP contribution >= 0.6 is 47.8 Å². The lowest BCUT2D eigenvalue weighted by atomic mass is 10.1. The van der Waals surface area contributed by atoms with Crippen molar-refractivity contribution in [2.24, 2.45) is 15.7 Å². The van der Waals surface area contributed by atoms with Crippen LogP contribution in [0.1, 0.15) is 78.8 Å². The predicted octanol–water partition coefficient (Wildman–Crippen LogP) is 12.8. The molecular weight excluding hydrogens is 1450 g/mol. The number of pyridine rings is 3. The van der Waals surface area contributed by atoms with Crippen molar-refractivity contribution in [2.75, 3.05) is 73.2 Å². The largest absolute Gasteiger partial charge is 0.384 e. The van der Waals surface area contributed by atoms with E-state index in [9.17, 15) is 55.1 Å². The van der Waals surface area contributed by atoms with Crippen molar-refractivity contribution in [2.45, 2.75) is 0 Å². The van der Waals surface area contributed by atoms with Gasteiger partial charge >= 0.3 is 0 Å². The second-order valence-electron chi connectivity index (χ2n) is 20.4. The molecule has 0 aliphatic carbocycles. The molecule has 4 heterocycles. The SMILES string of the molecule is CN(C)C(=N)c1ccc(C(=O)Nc2ccc(F)cc2C(=O)Nc2ccc(Br)cn2)c(F)c1.CN1CCN=C1c1ccc(C(=O)Nc2ccc(F)cc2C(=O)Nc2ccc(Br)cn2)c(F)c1.CN=C(N)c1ccc(C(=O)Nc2ccc(F)cc2C(=O)Nc2ccc(Br)cn2)c(F)c1. The van der Waals surface area contributed by atoms with Gasteiger partial charge < -0.3 is 47.4 Å². The number of likely N-dealkylation sites (N-methyl/N-ethyl adjacent to an activating group) is 1. The molecule has 1 aliphatic rings. The maximum absolute atomic E-state index is 14.7. The van der Waals surface area contributed by atoms with Gasteiger partial charge in [-0.25, -0.2) is 41.3 Å². The lowest BCUT2D eigenvalue weighted by Crippen LogP contribution is -2.24. The zero-order valence-electron chi connectivity index (χ0n) is 50.6. The molecule has 3 aromatic heterocycles. The third-order valence-corrected chi connectivity index (χ3v) is 15.0. The second kappa shape index (κ2) is 32.2. The van der Waals surface area contributed by atoms with Crippen LogP contribution in [0.5, 0.6) is 0 Å². The number of halogens is 9. The number of carbonyl (C=O) groups is 6. The molecule has 0 atom stereocenters. The number of hydrogen-bond donors (Lipinski definition) is 8. The lowest BCUT2D eigenvalue weighted by molar-refractivity contribution is 0.100. The Balaban J connectivity index is 0.000000184. The summed E-state index contributed by atoms with van der Waals surface area (Å²) in [5, 5.41) is 22.9. The number of benzene rings is 6. The van der Waals surface area contributed by atoms with Crippen LogP contribution in [-0.4, -0.2) is 119 Å². The monoisotopic (exact) mass is 1500 g/mol. The van der Waals surface area contributed by atoms with Crippen LogP contribution in [0, 0.1) is 40.3 Å². The number of nitrogens with zero attached hydrogens (tertiary/aromatic N) is 7. The molecular formula is C66H52Br3F6N15O6. The molecule has 0 saturated heterocycles.